The Bertz CT molecular complexity index is 1050. The molecule has 0 unspecified atom stereocenters. The van der Waals surface area contributed by atoms with Crippen LogP contribution < -0.4 is 15.4 Å². The lowest BCUT2D eigenvalue weighted by molar-refractivity contribution is -0.119. The third-order valence-electron chi connectivity index (χ3n) is 5.04. The van der Waals surface area contributed by atoms with Crippen LogP contribution in [0.15, 0.2) is 54.7 Å². The lowest BCUT2D eigenvalue weighted by Gasteiger charge is -2.18. The Hall–Kier alpha value is -3.52. The number of nitrogens with one attached hydrogen (secondary N) is 2. The molecule has 0 bridgehead atoms. The lowest BCUT2D eigenvalue weighted by Crippen LogP contribution is -2.44. The Morgan fingerprint density at radius 3 is 2.66 bits per heavy atom. The zero-order valence-corrected chi connectivity index (χ0v) is 18.7. The third-order valence-corrected chi connectivity index (χ3v) is 5.04. The van der Waals surface area contributed by atoms with Crippen molar-refractivity contribution in [3.05, 3.63) is 60.3 Å². The Kier molecular flexibility index (Phi) is 8.10. The molecule has 0 fully saturated rings. The summed E-state index contributed by atoms with van der Waals surface area (Å²) in [4.78, 5) is 29.3. The molecule has 3 rings (SSSR count). The molecule has 3 aromatic rings. The fourth-order valence-electron chi connectivity index (χ4n) is 3.33. The van der Waals surface area contributed by atoms with Crippen LogP contribution in [-0.4, -0.2) is 46.2 Å². The molecule has 2 heterocycles. The van der Waals surface area contributed by atoms with Crippen molar-refractivity contribution in [2.75, 3.05) is 19.0 Å². The van der Waals surface area contributed by atoms with E-state index in [0.717, 1.165) is 17.5 Å². The summed E-state index contributed by atoms with van der Waals surface area (Å²) in [5.74, 6) is 0.913. The van der Waals surface area contributed by atoms with Gasteiger partial charge < -0.3 is 10.1 Å². The number of rotatable bonds is 11. The van der Waals surface area contributed by atoms with E-state index in [4.69, 9.17) is 4.74 Å². The summed E-state index contributed by atoms with van der Waals surface area (Å²) in [6.07, 6.45) is 3.40. The number of pyridine rings is 1. The van der Waals surface area contributed by atoms with Gasteiger partial charge >= 0.3 is 0 Å². The molecule has 1 aromatic carbocycles. The number of benzene rings is 1. The minimum Gasteiger partial charge on any atom is -0.481 e. The van der Waals surface area contributed by atoms with E-state index in [-0.39, 0.29) is 18.2 Å². The fraction of sp³-hybridized carbons (Fsp3) is 0.333. The smallest absolute Gasteiger partial charge is 0.243 e. The van der Waals surface area contributed by atoms with Crippen LogP contribution >= 0.6 is 0 Å². The molecule has 0 saturated carbocycles. The Morgan fingerprint density at radius 2 is 1.94 bits per heavy atom. The number of ether oxygens (including phenoxy) is 1. The monoisotopic (exact) mass is 435 g/mol. The van der Waals surface area contributed by atoms with Gasteiger partial charge in [-0.25, -0.2) is 4.98 Å². The normalized spacial score (nSPS) is 11.7. The zero-order valence-electron chi connectivity index (χ0n) is 18.7. The van der Waals surface area contributed by atoms with Gasteiger partial charge in [-0.05, 0) is 24.5 Å². The van der Waals surface area contributed by atoms with E-state index in [1.165, 1.54) is 0 Å². The maximum atomic E-state index is 13.1. The van der Waals surface area contributed by atoms with Crippen LogP contribution in [0, 0.1) is 0 Å². The zero-order chi connectivity index (χ0) is 22.9. The maximum Gasteiger partial charge on any atom is 0.243 e. The number of anilines is 1. The predicted molar refractivity (Wildman–Crippen MR) is 123 cm³/mol. The molecule has 0 saturated heterocycles. The SMILES string of the molecule is CCCC(=O)CN[C@@H](Cc1ccccc1)C(=O)Nc1cc(-c2ccnc(OC)c2)nn1C. The standard InChI is InChI=1S/C24H29N5O3/c1-4-8-19(30)16-26-21(13-17-9-6-5-7-10-17)24(31)27-22-15-20(28-29(22)2)18-11-12-25-23(14-18)32-3/h5-7,9-12,14-15,21,26H,4,8,13,16H2,1-3H3,(H,27,31)/t21-/m0/s1. The first-order valence-electron chi connectivity index (χ1n) is 10.6. The molecule has 1 amide bonds. The first kappa shape index (κ1) is 23.1. The van der Waals surface area contributed by atoms with Crippen molar-refractivity contribution < 1.29 is 14.3 Å². The summed E-state index contributed by atoms with van der Waals surface area (Å²) >= 11 is 0. The highest BCUT2D eigenvalue weighted by Crippen LogP contribution is 2.23. The lowest BCUT2D eigenvalue weighted by atomic mass is 10.0. The topological polar surface area (TPSA) is 98.1 Å². The van der Waals surface area contributed by atoms with Crippen molar-refractivity contribution in [3.8, 4) is 17.1 Å². The minimum atomic E-state index is -0.558. The van der Waals surface area contributed by atoms with Crippen molar-refractivity contribution in [2.24, 2.45) is 7.05 Å². The van der Waals surface area contributed by atoms with Crippen LogP contribution in [0.25, 0.3) is 11.3 Å². The van der Waals surface area contributed by atoms with Crippen molar-refractivity contribution in [1.82, 2.24) is 20.1 Å². The summed E-state index contributed by atoms with van der Waals surface area (Å²) in [5.41, 5.74) is 2.53. The van der Waals surface area contributed by atoms with Gasteiger partial charge in [0.05, 0.1) is 25.4 Å². The molecular weight excluding hydrogens is 406 g/mol. The van der Waals surface area contributed by atoms with Crippen molar-refractivity contribution in [2.45, 2.75) is 32.2 Å². The second-order valence-corrected chi connectivity index (χ2v) is 7.53. The molecule has 0 radical (unpaired) electrons. The molecular formula is C24H29N5O3. The maximum absolute atomic E-state index is 13.1. The summed E-state index contributed by atoms with van der Waals surface area (Å²) in [6.45, 7) is 2.12. The molecule has 0 spiro atoms. The van der Waals surface area contributed by atoms with E-state index in [2.05, 4.69) is 20.7 Å². The second kappa shape index (κ2) is 11.2. The number of Topliss-reactive ketones (excluding diaryl/α,β-unsaturated/α-hetero) is 1. The van der Waals surface area contributed by atoms with E-state index in [9.17, 15) is 9.59 Å². The highest BCUT2D eigenvalue weighted by molar-refractivity contribution is 5.95. The van der Waals surface area contributed by atoms with E-state index >= 15 is 0 Å². The van der Waals surface area contributed by atoms with E-state index in [0.29, 0.717) is 30.2 Å². The number of hydrogen-bond acceptors (Lipinski definition) is 6. The molecule has 2 N–H and O–H groups in total. The molecule has 32 heavy (non-hydrogen) atoms. The molecule has 0 aliphatic rings. The van der Waals surface area contributed by atoms with Gasteiger partial charge in [-0.1, -0.05) is 37.3 Å². The number of methoxy groups -OCH3 is 1. The van der Waals surface area contributed by atoms with Crippen LogP contribution in [0.5, 0.6) is 5.88 Å². The number of carbonyl (C=O) groups is 2. The number of carbonyl (C=O) groups excluding carboxylic acids is 2. The first-order chi connectivity index (χ1) is 15.5. The van der Waals surface area contributed by atoms with Crippen molar-refractivity contribution in [3.63, 3.8) is 0 Å². The number of hydrogen-bond donors (Lipinski definition) is 2. The van der Waals surface area contributed by atoms with Crippen LogP contribution in [0.2, 0.25) is 0 Å². The average Bonchev–Trinajstić information content (AvgIpc) is 3.17. The van der Waals surface area contributed by atoms with E-state index in [1.807, 2.05) is 43.3 Å². The van der Waals surface area contributed by atoms with Gasteiger partial charge in [-0.15, -0.1) is 0 Å². The van der Waals surface area contributed by atoms with Gasteiger partial charge in [-0.3, -0.25) is 19.6 Å². The highest BCUT2D eigenvalue weighted by atomic mass is 16.5. The van der Waals surface area contributed by atoms with Gasteiger partial charge in [-0.2, -0.15) is 5.10 Å². The predicted octanol–water partition coefficient (Wildman–Crippen LogP) is 3.00. The fourth-order valence-corrected chi connectivity index (χ4v) is 3.33. The molecule has 0 aliphatic carbocycles. The summed E-state index contributed by atoms with van der Waals surface area (Å²) in [7, 11) is 3.32. The van der Waals surface area contributed by atoms with Crippen LogP contribution in [0.4, 0.5) is 5.82 Å². The highest BCUT2D eigenvalue weighted by Gasteiger charge is 2.21. The quantitative estimate of drug-likeness (QED) is 0.481. The number of amides is 1. The third kappa shape index (κ3) is 6.24. The Labute approximate surface area is 188 Å². The van der Waals surface area contributed by atoms with Gasteiger partial charge in [0.1, 0.15) is 11.6 Å². The number of ketones is 1. The van der Waals surface area contributed by atoms with Gasteiger partial charge in [0.2, 0.25) is 11.8 Å². The largest absolute Gasteiger partial charge is 0.481 e. The average molecular weight is 436 g/mol. The number of aryl methyl sites for hydroxylation is 1. The van der Waals surface area contributed by atoms with Crippen LogP contribution in [0.3, 0.4) is 0 Å². The van der Waals surface area contributed by atoms with Crippen LogP contribution in [-0.2, 0) is 23.1 Å². The van der Waals surface area contributed by atoms with Crippen molar-refractivity contribution >= 4 is 17.5 Å². The molecule has 168 valence electrons. The second-order valence-electron chi connectivity index (χ2n) is 7.53. The number of nitrogens with zero attached hydrogens (tertiary/aromatic N) is 3. The molecule has 2 aromatic heterocycles. The summed E-state index contributed by atoms with van der Waals surface area (Å²) in [5, 5.41) is 10.6. The van der Waals surface area contributed by atoms with E-state index in [1.54, 1.807) is 37.2 Å². The van der Waals surface area contributed by atoms with Gasteiger partial charge in [0.15, 0.2) is 0 Å². The van der Waals surface area contributed by atoms with Crippen LogP contribution in [0.1, 0.15) is 25.3 Å². The van der Waals surface area contributed by atoms with Crippen molar-refractivity contribution in [1.29, 1.82) is 0 Å². The molecule has 8 heteroatoms. The summed E-state index contributed by atoms with van der Waals surface area (Å²) < 4.78 is 6.79. The Balaban J connectivity index is 1.75. The minimum absolute atomic E-state index is 0.0906. The molecule has 1 atom stereocenters. The van der Waals surface area contributed by atoms with Gasteiger partial charge in [0, 0.05) is 37.4 Å². The van der Waals surface area contributed by atoms with Gasteiger partial charge in [0.25, 0.3) is 0 Å². The number of aromatic nitrogens is 3. The Morgan fingerprint density at radius 1 is 1.16 bits per heavy atom. The molecule has 0 aliphatic heterocycles. The van der Waals surface area contributed by atoms with E-state index < -0.39 is 6.04 Å². The first-order valence-corrected chi connectivity index (χ1v) is 10.6. The summed E-state index contributed by atoms with van der Waals surface area (Å²) in [6, 6.07) is 14.6. The molecule has 8 nitrogen and oxygen atoms in total.